The third-order valence-electron chi connectivity index (χ3n) is 2.76. The molecule has 0 aliphatic rings. The molecule has 0 atom stereocenters. The van der Waals surface area contributed by atoms with Crippen LogP contribution in [-0.4, -0.2) is 26.3 Å². The topological polar surface area (TPSA) is 55.6 Å². The standard InChI is InChI=1S/C12H19N5/c1-5-9-14-10-8(4)16-17(7-3)11(10)12(15-9)13-6-2/h5-7H2,1-4H3,(H,13,14,15). The van der Waals surface area contributed by atoms with Crippen LogP contribution in [0.3, 0.4) is 0 Å². The maximum atomic E-state index is 4.57. The zero-order valence-electron chi connectivity index (χ0n) is 10.9. The van der Waals surface area contributed by atoms with Crippen LogP contribution < -0.4 is 5.32 Å². The van der Waals surface area contributed by atoms with Crippen molar-refractivity contribution in [3.8, 4) is 0 Å². The SMILES string of the molecule is CCNc1nc(CC)nc2c(C)nn(CC)c12. The summed E-state index contributed by atoms with van der Waals surface area (Å²) in [6.07, 6.45) is 0.838. The van der Waals surface area contributed by atoms with Gasteiger partial charge in [0.05, 0.1) is 5.69 Å². The van der Waals surface area contributed by atoms with Crippen molar-refractivity contribution in [3.63, 3.8) is 0 Å². The van der Waals surface area contributed by atoms with Crippen LogP contribution >= 0.6 is 0 Å². The molecule has 0 saturated carbocycles. The first kappa shape index (κ1) is 11.8. The highest BCUT2D eigenvalue weighted by atomic mass is 15.3. The van der Waals surface area contributed by atoms with E-state index in [1.54, 1.807) is 0 Å². The molecule has 2 rings (SSSR count). The summed E-state index contributed by atoms with van der Waals surface area (Å²) < 4.78 is 1.96. The molecule has 0 amide bonds. The van der Waals surface area contributed by atoms with Gasteiger partial charge in [-0.05, 0) is 20.8 Å². The van der Waals surface area contributed by atoms with Crippen LogP contribution in [0.2, 0.25) is 0 Å². The summed E-state index contributed by atoms with van der Waals surface area (Å²) in [7, 11) is 0. The minimum absolute atomic E-state index is 0.831. The van der Waals surface area contributed by atoms with E-state index in [-0.39, 0.29) is 0 Å². The summed E-state index contributed by atoms with van der Waals surface area (Å²) >= 11 is 0. The Kier molecular flexibility index (Phi) is 3.26. The monoisotopic (exact) mass is 233 g/mol. The summed E-state index contributed by atoms with van der Waals surface area (Å²) in [5.41, 5.74) is 2.96. The van der Waals surface area contributed by atoms with Crippen molar-refractivity contribution in [3.05, 3.63) is 11.5 Å². The first-order valence-corrected chi connectivity index (χ1v) is 6.19. The number of rotatable bonds is 4. The van der Waals surface area contributed by atoms with Gasteiger partial charge in [0.15, 0.2) is 5.82 Å². The maximum absolute atomic E-state index is 4.57. The molecule has 0 saturated heterocycles. The van der Waals surface area contributed by atoms with E-state index >= 15 is 0 Å². The second kappa shape index (κ2) is 4.69. The van der Waals surface area contributed by atoms with E-state index in [1.807, 2.05) is 11.6 Å². The molecular weight excluding hydrogens is 214 g/mol. The largest absolute Gasteiger partial charge is 0.368 e. The van der Waals surface area contributed by atoms with Gasteiger partial charge in [-0.2, -0.15) is 5.10 Å². The first-order valence-electron chi connectivity index (χ1n) is 6.19. The Morgan fingerprint density at radius 3 is 2.53 bits per heavy atom. The van der Waals surface area contributed by atoms with E-state index in [0.717, 1.165) is 47.9 Å². The molecule has 17 heavy (non-hydrogen) atoms. The Balaban J connectivity index is 2.73. The molecule has 0 aliphatic heterocycles. The van der Waals surface area contributed by atoms with Crippen molar-refractivity contribution in [1.29, 1.82) is 0 Å². The lowest BCUT2D eigenvalue weighted by molar-refractivity contribution is 0.675. The van der Waals surface area contributed by atoms with Gasteiger partial charge >= 0.3 is 0 Å². The lowest BCUT2D eigenvalue weighted by Gasteiger charge is -2.08. The predicted octanol–water partition coefficient (Wildman–Crippen LogP) is 2.15. The molecule has 92 valence electrons. The van der Waals surface area contributed by atoms with Gasteiger partial charge in [0.25, 0.3) is 0 Å². The van der Waals surface area contributed by atoms with Crippen LogP contribution in [0.5, 0.6) is 0 Å². The number of hydrogen-bond donors (Lipinski definition) is 1. The number of aromatic nitrogens is 4. The van der Waals surface area contributed by atoms with Crippen molar-refractivity contribution in [2.24, 2.45) is 0 Å². The van der Waals surface area contributed by atoms with Crippen LogP contribution in [0, 0.1) is 6.92 Å². The number of aryl methyl sites for hydroxylation is 3. The van der Waals surface area contributed by atoms with Crippen LogP contribution in [-0.2, 0) is 13.0 Å². The molecule has 0 aromatic carbocycles. The van der Waals surface area contributed by atoms with Gasteiger partial charge in [-0.3, -0.25) is 4.68 Å². The number of nitrogens with zero attached hydrogens (tertiary/aromatic N) is 4. The van der Waals surface area contributed by atoms with Crippen molar-refractivity contribution in [1.82, 2.24) is 19.7 Å². The van der Waals surface area contributed by atoms with Gasteiger partial charge in [0, 0.05) is 19.5 Å². The highest BCUT2D eigenvalue weighted by Crippen LogP contribution is 2.23. The fourth-order valence-electron chi connectivity index (χ4n) is 1.95. The predicted molar refractivity (Wildman–Crippen MR) is 69.3 cm³/mol. The van der Waals surface area contributed by atoms with Gasteiger partial charge in [0.2, 0.25) is 0 Å². The second-order valence-electron chi connectivity index (χ2n) is 3.97. The minimum Gasteiger partial charge on any atom is -0.368 e. The summed E-state index contributed by atoms with van der Waals surface area (Å²) in [6, 6.07) is 0. The van der Waals surface area contributed by atoms with E-state index in [2.05, 4.69) is 41.2 Å². The number of fused-ring (bicyclic) bond motifs is 1. The third kappa shape index (κ3) is 1.97. The number of nitrogens with one attached hydrogen (secondary N) is 1. The quantitative estimate of drug-likeness (QED) is 0.879. The normalized spacial score (nSPS) is 11.1. The van der Waals surface area contributed by atoms with Crippen LogP contribution in [0.15, 0.2) is 0 Å². The van der Waals surface area contributed by atoms with E-state index < -0.39 is 0 Å². The molecular formula is C12H19N5. The summed E-state index contributed by atoms with van der Waals surface area (Å²) in [4.78, 5) is 9.12. The highest BCUT2D eigenvalue weighted by molar-refractivity contribution is 5.87. The van der Waals surface area contributed by atoms with Gasteiger partial charge in [-0.25, -0.2) is 9.97 Å². The van der Waals surface area contributed by atoms with Crippen molar-refractivity contribution >= 4 is 16.9 Å². The molecule has 1 N–H and O–H groups in total. The third-order valence-corrected chi connectivity index (χ3v) is 2.76. The maximum Gasteiger partial charge on any atom is 0.156 e. The van der Waals surface area contributed by atoms with E-state index in [1.165, 1.54) is 0 Å². The fraction of sp³-hybridized carbons (Fsp3) is 0.583. The Labute approximate surface area is 101 Å². The van der Waals surface area contributed by atoms with E-state index in [0.29, 0.717) is 0 Å². The van der Waals surface area contributed by atoms with Gasteiger partial charge in [-0.15, -0.1) is 0 Å². The van der Waals surface area contributed by atoms with E-state index in [9.17, 15) is 0 Å². The van der Waals surface area contributed by atoms with E-state index in [4.69, 9.17) is 0 Å². The summed E-state index contributed by atoms with van der Waals surface area (Å²) in [5.74, 6) is 1.77. The van der Waals surface area contributed by atoms with Gasteiger partial charge < -0.3 is 5.32 Å². The Morgan fingerprint density at radius 1 is 1.18 bits per heavy atom. The highest BCUT2D eigenvalue weighted by Gasteiger charge is 2.14. The average Bonchev–Trinajstić information content (AvgIpc) is 2.67. The fourth-order valence-corrected chi connectivity index (χ4v) is 1.95. The average molecular weight is 233 g/mol. The lowest BCUT2D eigenvalue weighted by atomic mass is 10.3. The number of anilines is 1. The molecule has 2 aromatic heterocycles. The van der Waals surface area contributed by atoms with Gasteiger partial charge in [-0.1, -0.05) is 6.92 Å². The van der Waals surface area contributed by atoms with Crippen molar-refractivity contribution in [2.75, 3.05) is 11.9 Å². The van der Waals surface area contributed by atoms with Crippen LogP contribution in [0.25, 0.3) is 11.0 Å². The zero-order valence-corrected chi connectivity index (χ0v) is 10.9. The smallest absolute Gasteiger partial charge is 0.156 e. The Hall–Kier alpha value is -1.65. The lowest BCUT2D eigenvalue weighted by Crippen LogP contribution is -2.07. The molecule has 5 nitrogen and oxygen atoms in total. The molecule has 5 heteroatoms. The van der Waals surface area contributed by atoms with Crippen LogP contribution in [0.1, 0.15) is 32.3 Å². The molecule has 0 fully saturated rings. The first-order chi connectivity index (χ1) is 8.21. The van der Waals surface area contributed by atoms with Gasteiger partial charge in [0.1, 0.15) is 16.9 Å². The minimum atomic E-state index is 0.831. The summed E-state index contributed by atoms with van der Waals surface area (Å²) in [6.45, 7) is 9.89. The Bertz CT molecular complexity index is 529. The number of hydrogen-bond acceptors (Lipinski definition) is 4. The summed E-state index contributed by atoms with van der Waals surface area (Å²) in [5, 5.41) is 7.80. The molecule has 2 heterocycles. The molecule has 0 spiro atoms. The Morgan fingerprint density at radius 2 is 1.94 bits per heavy atom. The molecule has 0 bridgehead atoms. The zero-order chi connectivity index (χ0) is 12.4. The molecule has 0 radical (unpaired) electrons. The van der Waals surface area contributed by atoms with Crippen molar-refractivity contribution in [2.45, 2.75) is 40.7 Å². The molecule has 2 aromatic rings. The second-order valence-corrected chi connectivity index (χ2v) is 3.97. The molecule has 0 aliphatic carbocycles. The molecule has 0 unspecified atom stereocenters. The van der Waals surface area contributed by atoms with Crippen molar-refractivity contribution < 1.29 is 0 Å². The van der Waals surface area contributed by atoms with Crippen LogP contribution in [0.4, 0.5) is 5.82 Å².